The monoisotopic (exact) mass is 1140 g/mol. The second-order valence-corrected chi connectivity index (χ2v) is 17.6. The Morgan fingerprint density at radius 2 is 0.718 bits per heavy atom. The summed E-state index contributed by atoms with van der Waals surface area (Å²) >= 11 is 0. The van der Waals surface area contributed by atoms with E-state index in [4.69, 9.17) is 0 Å². The van der Waals surface area contributed by atoms with Gasteiger partial charge in [0.25, 0.3) is 0 Å². The summed E-state index contributed by atoms with van der Waals surface area (Å²) in [6.45, 7) is 3.13. The molecule has 0 aliphatic rings. The summed E-state index contributed by atoms with van der Waals surface area (Å²) in [5.74, 6) is 0. The van der Waals surface area contributed by atoms with E-state index in [9.17, 15) is 105 Å². The van der Waals surface area contributed by atoms with Gasteiger partial charge in [-0.25, -0.2) is 4.98 Å². The average molecular weight is 1140 g/mol. The molecule has 6 rings (SSSR count). The molecule has 0 fully saturated rings. The van der Waals surface area contributed by atoms with Crippen LogP contribution in [0.25, 0.3) is 6.08 Å². The maximum absolute atomic E-state index is 14.2. The van der Waals surface area contributed by atoms with E-state index in [0.29, 0.717) is 0 Å². The third-order valence-corrected chi connectivity index (χ3v) is 11.9. The Kier molecular flexibility index (Phi) is 18.3. The molecule has 0 saturated carbocycles. The number of nitrogens with zero attached hydrogens (tertiary/aromatic N) is 2. The molecule has 2 nitrogen and oxygen atoms in total. The molecule has 0 unspecified atom stereocenters. The lowest BCUT2D eigenvalue weighted by Gasteiger charge is -2.46. The van der Waals surface area contributed by atoms with Crippen molar-refractivity contribution in [2.24, 2.45) is 0 Å². The molecule has 0 aliphatic carbocycles. The maximum Gasteiger partial charge on any atom is 0.416 e. The number of unbranched alkanes of at least 4 members (excludes halogenated alkanes) is 4. The molecule has 0 amide bonds. The van der Waals surface area contributed by atoms with Crippen LogP contribution in [0.5, 0.6) is 0 Å². The first-order valence-electron chi connectivity index (χ1n) is 22.6. The van der Waals surface area contributed by atoms with Gasteiger partial charge in [0.1, 0.15) is 11.8 Å². The molecule has 0 atom stereocenters. The molecular weight excluding hydrogens is 1110 g/mol. The van der Waals surface area contributed by atoms with Gasteiger partial charge in [0.2, 0.25) is 0 Å². The zero-order valence-electron chi connectivity index (χ0n) is 39.5. The molecule has 0 aliphatic heterocycles. The molecule has 0 radical (unpaired) electrons. The first kappa shape index (κ1) is 62.2. The number of hydrogen-bond acceptors (Lipinski definition) is 1. The second-order valence-electron chi connectivity index (χ2n) is 17.6. The van der Waals surface area contributed by atoms with Gasteiger partial charge in [-0.1, -0.05) is 111 Å². The number of aromatic nitrogens is 2. The van der Waals surface area contributed by atoms with Crippen LogP contribution in [0.1, 0.15) is 94.8 Å². The zero-order chi connectivity index (χ0) is 58.7. The Labute approximate surface area is 427 Å². The Hall–Kier alpha value is -6.70. The molecule has 5 aromatic carbocycles. The fourth-order valence-electron chi connectivity index (χ4n) is 8.39. The molecule has 6 aromatic rings. The SMILES string of the molecule is CCCCCCC=Cc1c[n+](Cc2ccccc2)ccn1.FC(F)(F)c1cc([B-](c2cc(C(F)(F)F)cc(C(F)(F)F)c2)(c2cc(C(F)(F)F)cc(C(F)(F)F)c2)c2cc(C(F)(F)F)cc(C(F)(F)F)c2)cc(C(F)(F)F)c1. The Balaban J connectivity index is 0.000000443. The van der Waals surface area contributed by atoms with Gasteiger partial charge in [-0.3, -0.25) is 0 Å². The molecule has 0 spiro atoms. The summed E-state index contributed by atoms with van der Waals surface area (Å²) in [4.78, 5) is 4.41. The summed E-state index contributed by atoms with van der Waals surface area (Å²) in [7, 11) is 0. The number of allylic oxidation sites excluding steroid dienone is 1. The minimum atomic E-state index is -6.13. The van der Waals surface area contributed by atoms with Crippen LogP contribution < -0.4 is 26.4 Å². The summed E-state index contributed by atoms with van der Waals surface area (Å²) in [6.07, 6.45) is -38.0. The number of halogens is 24. The fraction of sp³-hybridized carbons (Fsp3) is 0.294. The van der Waals surface area contributed by atoms with E-state index in [1.54, 1.807) is 0 Å². The van der Waals surface area contributed by atoms with Gasteiger partial charge in [-0.15, -0.1) is 0 Å². The van der Waals surface area contributed by atoms with E-state index >= 15 is 0 Å². The van der Waals surface area contributed by atoms with Crippen LogP contribution in [0.4, 0.5) is 105 Å². The molecule has 1 heterocycles. The van der Waals surface area contributed by atoms with Crippen LogP contribution in [0.3, 0.4) is 0 Å². The highest BCUT2D eigenvalue weighted by Gasteiger charge is 2.47. The minimum absolute atomic E-state index is 0.691. The van der Waals surface area contributed by atoms with Gasteiger partial charge in [-0.2, -0.15) is 132 Å². The summed E-state index contributed by atoms with van der Waals surface area (Å²) in [6, 6.07) is 1.69. The predicted molar refractivity (Wildman–Crippen MR) is 238 cm³/mol. The van der Waals surface area contributed by atoms with Crippen molar-refractivity contribution in [1.29, 1.82) is 0 Å². The van der Waals surface area contributed by atoms with Crippen molar-refractivity contribution < 1.29 is 110 Å². The first-order valence-corrected chi connectivity index (χ1v) is 22.6. The van der Waals surface area contributed by atoms with E-state index < -0.39 is 195 Å². The van der Waals surface area contributed by atoms with Gasteiger partial charge in [0, 0.05) is 5.56 Å². The zero-order valence-corrected chi connectivity index (χ0v) is 39.5. The van der Waals surface area contributed by atoms with Crippen LogP contribution >= 0.6 is 0 Å². The van der Waals surface area contributed by atoms with E-state index in [1.807, 2.05) is 18.5 Å². The average Bonchev–Trinajstić information content (AvgIpc) is 3.36. The van der Waals surface area contributed by atoms with Gasteiger partial charge in [0.05, 0.1) is 50.7 Å². The molecule has 1 aromatic heterocycles. The normalized spacial score (nSPS) is 13.4. The number of hydrogen-bond donors (Lipinski definition) is 0. The van der Waals surface area contributed by atoms with E-state index in [2.05, 4.69) is 59.1 Å². The van der Waals surface area contributed by atoms with Gasteiger partial charge in [-0.05, 0) is 43.2 Å². The van der Waals surface area contributed by atoms with Gasteiger partial charge >= 0.3 is 49.4 Å². The second kappa shape index (κ2) is 22.9. The number of alkyl halides is 24. The topological polar surface area (TPSA) is 16.8 Å². The maximum atomic E-state index is 14.2. The molecule has 422 valence electrons. The fourth-order valence-corrected chi connectivity index (χ4v) is 8.39. The molecule has 0 bridgehead atoms. The first-order chi connectivity index (χ1) is 35.6. The van der Waals surface area contributed by atoms with Crippen molar-refractivity contribution >= 4 is 34.1 Å². The van der Waals surface area contributed by atoms with Gasteiger partial charge in [0.15, 0.2) is 18.9 Å². The Morgan fingerprint density at radius 3 is 1.00 bits per heavy atom. The number of benzene rings is 5. The Morgan fingerprint density at radius 1 is 0.410 bits per heavy atom. The number of rotatable bonds is 12. The highest BCUT2D eigenvalue weighted by Crippen LogP contribution is 2.41. The quantitative estimate of drug-likeness (QED) is 0.0516. The van der Waals surface area contributed by atoms with Crippen molar-refractivity contribution in [2.45, 2.75) is 95.0 Å². The summed E-state index contributed by atoms with van der Waals surface area (Å²) in [5.41, 5.74) is -27.9. The van der Waals surface area contributed by atoms with Crippen LogP contribution in [0.2, 0.25) is 0 Å². The molecule has 78 heavy (non-hydrogen) atoms. The van der Waals surface area contributed by atoms with Crippen molar-refractivity contribution in [2.75, 3.05) is 0 Å². The lowest BCUT2D eigenvalue weighted by Crippen LogP contribution is -2.75. The summed E-state index contributed by atoms with van der Waals surface area (Å²) < 4.78 is 343. The standard InChI is InChI=1S/C32H12BF24.C19H25N2/c34-25(35,36)13-1-14(26(37,38)39)6-21(5-13)33(22-7-15(27(40,41)42)2-16(8-22)28(43,44)45,23-9-17(29(46,47)48)3-18(10-23)30(49,50)51)24-11-19(31(52,53)54)4-20(12-24)32(55,56)57;1-2-3-4-5-6-10-13-19-17-21(15-14-20-19)16-18-11-8-7-9-12-18/h1-12H;7-15,17H,2-6,16H2,1H3/q-1;+1. The Bertz CT molecular complexity index is 2590. The third kappa shape index (κ3) is 15.7. The van der Waals surface area contributed by atoms with E-state index in [-0.39, 0.29) is 0 Å². The van der Waals surface area contributed by atoms with Crippen LogP contribution in [-0.4, -0.2) is 11.1 Å². The van der Waals surface area contributed by atoms with Crippen molar-refractivity contribution in [1.82, 2.24) is 4.98 Å². The molecular formula is C51H37BF24N2. The van der Waals surface area contributed by atoms with Crippen LogP contribution in [-0.2, 0) is 56.0 Å². The molecule has 0 N–H and O–H groups in total. The van der Waals surface area contributed by atoms with Crippen LogP contribution in [0, 0.1) is 0 Å². The van der Waals surface area contributed by atoms with Crippen molar-refractivity contribution in [3.63, 3.8) is 0 Å². The molecule has 27 heteroatoms. The highest BCUT2D eigenvalue weighted by molar-refractivity contribution is 7.20. The summed E-state index contributed by atoms with van der Waals surface area (Å²) in [5, 5.41) is 0. The highest BCUT2D eigenvalue weighted by atomic mass is 19.4. The van der Waals surface area contributed by atoms with E-state index in [1.165, 1.54) is 31.2 Å². The van der Waals surface area contributed by atoms with Crippen molar-refractivity contribution in [3.8, 4) is 0 Å². The smallest absolute Gasteiger partial charge is 0.244 e. The third-order valence-electron chi connectivity index (χ3n) is 11.9. The lowest BCUT2D eigenvalue weighted by atomic mass is 9.12. The van der Waals surface area contributed by atoms with E-state index in [0.717, 1.165) is 18.7 Å². The van der Waals surface area contributed by atoms with Crippen LogP contribution in [0.15, 0.2) is 128 Å². The lowest BCUT2D eigenvalue weighted by molar-refractivity contribution is -0.689. The molecule has 0 saturated heterocycles. The largest absolute Gasteiger partial charge is 0.416 e. The minimum Gasteiger partial charge on any atom is -0.244 e. The van der Waals surface area contributed by atoms with Crippen molar-refractivity contribution in [3.05, 3.63) is 184 Å². The van der Waals surface area contributed by atoms with Gasteiger partial charge < -0.3 is 0 Å². The predicted octanol–water partition coefficient (Wildman–Crippen LogP) is 15.6.